The fraction of sp³-hybridized carbons (Fsp3) is 0.889. The Morgan fingerprint density at radius 3 is 2.71 bits per heavy atom. The zero-order valence-electron chi connectivity index (χ0n) is 8.91. The predicted octanol–water partition coefficient (Wildman–Crippen LogP) is 0.198. The Morgan fingerprint density at radius 2 is 2.21 bits per heavy atom. The first kappa shape index (κ1) is 13.4. The quantitative estimate of drug-likeness (QED) is 0.256. The molecule has 5 nitrogen and oxygen atoms in total. The Kier molecular flexibility index (Phi) is 8.51. The lowest BCUT2D eigenvalue weighted by atomic mass is 10.2. The first-order valence-corrected chi connectivity index (χ1v) is 4.87. The third-order valence-electron chi connectivity index (χ3n) is 1.82. The molecule has 0 spiro atoms. The van der Waals surface area contributed by atoms with E-state index in [0.717, 1.165) is 19.3 Å². The van der Waals surface area contributed by atoms with E-state index in [1.807, 2.05) is 5.43 Å². The van der Waals surface area contributed by atoms with Crippen LogP contribution in [-0.2, 0) is 14.3 Å². The Labute approximate surface area is 84.9 Å². The van der Waals surface area contributed by atoms with Gasteiger partial charge in [-0.3, -0.25) is 10.2 Å². The van der Waals surface area contributed by atoms with Crippen molar-refractivity contribution >= 4 is 5.91 Å². The minimum Gasteiger partial charge on any atom is -0.381 e. The zero-order chi connectivity index (χ0) is 10.8. The van der Waals surface area contributed by atoms with Crippen LogP contribution in [0.3, 0.4) is 0 Å². The minimum atomic E-state index is -0.596. The van der Waals surface area contributed by atoms with E-state index in [1.54, 1.807) is 0 Å². The van der Waals surface area contributed by atoms with Crippen LogP contribution in [0.4, 0.5) is 0 Å². The first-order valence-electron chi connectivity index (χ1n) is 4.87. The molecule has 1 amide bonds. The van der Waals surface area contributed by atoms with Crippen molar-refractivity contribution in [2.75, 3.05) is 20.3 Å². The largest absolute Gasteiger partial charge is 0.381 e. The van der Waals surface area contributed by atoms with Crippen molar-refractivity contribution in [3.8, 4) is 0 Å². The highest BCUT2D eigenvalue weighted by Gasteiger charge is 2.17. The summed E-state index contributed by atoms with van der Waals surface area (Å²) in [4.78, 5) is 11.1. The summed E-state index contributed by atoms with van der Waals surface area (Å²) in [6.07, 6.45) is 2.58. The predicted molar refractivity (Wildman–Crippen MR) is 53.5 cm³/mol. The average molecular weight is 204 g/mol. The number of methoxy groups -OCH3 is 1. The molecular weight excluding hydrogens is 184 g/mol. The SMILES string of the molecule is CCCCCOC(COC)C(=O)NN. The maximum atomic E-state index is 11.1. The van der Waals surface area contributed by atoms with E-state index in [1.165, 1.54) is 7.11 Å². The molecule has 0 radical (unpaired) electrons. The van der Waals surface area contributed by atoms with E-state index in [4.69, 9.17) is 15.3 Å². The van der Waals surface area contributed by atoms with Gasteiger partial charge in [0.25, 0.3) is 5.91 Å². The van der Waals surface area contributed by atoms with Gasteiger partial charge in [0, 0.05) is 13.7 Å². The monoisotopic (exact) mass is 204 g/mol. The third kappa shape index (κ3) is 5.90. The number of hydrazine groups is 1. The molecule has 0 fully saturated rings. The van der Waals surface area contributed by atoms with Gasteiger partial charge in [-0.15, -0.1) is 0 Å². The van der Waals surface area contributed by atoms with Gasteiger partial charge in [0.2, 0.25) is 0 Å². The molecule has 14 heavy (non-hydrogen) atoms. The summed E-state index contributed by atoms with van der Waals surface area (Å²) in [5.74, 6) is 4.65. The van der Waals surface area contributed by atoms with Crippen molar-refractivity contribution in [1.82, 2.24) is 5.43 Å². The summed E-state index contributed by atoms with van der Waals surface area (Å²) in [6.45, 7) is 2.91. The van der Waals surface area contributed by atoms with Crippen LogP contribution in [0.15, 0.2) is 0 Å². The summed E-state index contributed by atoms with van der Waals surface area (Å²) < 4.78 is 10.2. The lowest BCUT2D eigenvalue weighted by Crippen LogP contribution is -2.42. The van der Waals surface area contributed by atoms with Gasteiger partial charge in [-0.05, 0) is 6.42 Å². The van der Waals surface area contributed by atoms with E-state index >= 15 is 0 Å². The van der Waals surface area contributed by atoms with Crippen molar-refractivity contribution in [2.45, 2.75) is 32.3 Å². The number of hydrogen-bond donors (Lipinski definition) is 2. The number of ether oxygens (including phenoxy) is 2. The van der Waals surface area contributed by atoms with Crippen molar-refractivity contribution in [3.05, 3.63) is 0 Å². The molecule has 1 unspecified atom stereocenters. The molecule has 5 heteroatoms. The molecule has 0 saturated heterocycles. The topological polar surface area (TPSA) is 73.6 Å². The summed E-state index contributed by atoms with van der Waals surface area (Å²) in [6, 6.07) is 0. The van der Waals surface area contributed by atoms with Crippen LogP contribution in [0.1, 0.15) is 26.2 Å². The van der Waals surface area contributed by atoms with Crippen molar-refractivity contribution in [2.24, 2.45) is 5.84 Å². The van der Waals surface area contributed by atoms with Gasteiger partial charge in [0.1, 0.15) is 0 Å². The highest BCUT2D eigenvalue weighted by Crippen LogP contribution is 1.99. The minimum absolute atomic E-state index is 0.231. The number of rotatable bonds is 8. The van der Waals surface area contributed by atoms with Crippen LogP contribution in [0.25, 0.3) is 0 Å². The lowest BCUT2D eigenvalue weighted by Gasteiger charge is -2.14. The molecule has 0 saturated carbocycles. The smallest absolute Gasteiger partial charge is 0.265 e. The number of nitrogens with two attached hydrogens (primary N) is 1. The highest BCUT2D eigenvalue weighted by molar-refractivity contribution is 5.80. The van der Waals surface area contributed by atoms with Gasteiger partial charge >= 0.3 is 0 Å². The Morgan fingerprint density at radius 1 is 1.50 bits per heavy atom. The van der Waals surface area contributed by atoms with Gasteiger partial charge in [-0.2, -0.15) is 0 Å². The molecule has 84 valence electrons. The lowest BCUT2D eigenvalue weighted by molar-refractivity contribution is -0.136. The molecule has 0 aromatic carbocycles. The van der Waals surface area contributed by atoms with E-state index in [2.05, 4.69) is 6.92 Å². The maximum Gasteiger partial charge on any atom is 0.265 e. The Bertz CT molecular complexity index is 153. The molecule has 0 aromatic heterocycles. The van der Waals surface area contributed by atoms with E-state index in [9.17, 15) is 4.79 Å². The third-order valence-corrected chi connectivity index (χ3v) is 1.82. The second kappa shape index (κ2) is 8.93. The molecule has 1 atom stereocenters. The van der Waals surface area contributed by atoms with Gasteiger partial charge in [-0.1, -0.05) is 19.8 Å². The van der Waals surface area contributed by atoms with E-state index in [0.29, 0.717) is 6.61 Å². The van der Waals surface area contributed by atoms with Gasteiger partial charge in [0.15, 0.2) is 6.10 Å². The van der Waals surface area contributed by atoms with Gasteiger partial charge in [0.05, 0.1) is 6.61 Å². The number of nitrogens with one attached hydrogen (secondary N) is 1. The van der Waals surface area contributed by atoms with Gasteiger partial charge in [-0.25, -0.2) is 5.84 Å². The summed E-state index contributed by atoms with van der Waals surface area (Å²) in [5.41, 5.74) is 2.05. The standard InChI is InChI=1S/C9H20N2O3/c1-3-4-5-6-14-8(7-13-2)9(12)11-10/h8H,3-7,10H2,1-2H3,(H,11,12). The highest BCUT2D eigenvalue weighted by atomic mass is 16.5. The summed E-state index contributed by atoms with van der Waals surface area (Å²) in [7, 11) is 1.52. The van der Waals surface area contributed by atoms with Crippen LogP contribution in [-0.4, -0.2) is 32.3 Å². The van der Waals surface area contributed by atoms with Crippen molar-refractivity contribution < 1.29 is 14.3 Å². The van der Waals surface area contributed by atoms with Crippen LogP contribution in [0.5, 0.6) is 0 Å². The summed E-state index contributed by atoms with van der Waals surface area (Å²) >= 11 is 0. The number of carbonyl (C=O) groups is 1. The number of hydrogen-bond acceptors (Lipinski definition) is 4. The normalized spacial score (nSPS) is 12.5. The molecular formula is C9H20N2O3. The molecule has 3 N–H and O–H groups in total. The van der Waals surface area contributed by atoms with Crippen molar-refractivity contribution in [1.29, 1.82) is 0 Å². The number of unbranched alkanes of at least 4 members (excludes halogenated alkanes) is 2. The molecule has 0 heterocycles. The van der Waals surface area contributed by atoms with Crippen molar-refractivity contribution in [3.63, 3.8) is 0 Å². The van der Waals surface area contributed by atoms with E-state index in [-0.39, 0.29) is 12.5 Å². The van der Waals surface area contributed by atoms with E-state index < -0.39 is 6.10 Å². The molecule has 0 aliphatic heterocycles. The fourth-order valence-corrected chi connectivity index (χ4v) is 1.02. The second-order valence-corrected chi connectivity index (χ2v) is 3.03. The molecule has 0 rings (SSSR count). The second-order valence-electron chi connectivity index (χ2n) is 3.03. The Hall–Kier alpha value is -0.650. The molecule has 0 aliphatic carbocycles. The molecule has 0 bridgehead atoms. The van der Waals surface area contributed by atoms with Crippen LogP contribution < -0.4 is 11.3 Å². The van der Waals surface area contributed by atoms with Crippen LogP contribution in [0.2, 0.25) is 0 Å². The van der Waals surface area contributed by atoms with Crippen LogP contribution in [0, 0.1) is 0 Å². The Balaban J connectivity index is 3.67. The average Bonchev–Trinajstić information content (AvgIpc) is 2.21. The molecule has 0 aliphatic rings. The molecule has 0 aromatic rings. The summed E-state index contributed by atoms with van der Waals surface area (Å²) in [5, 5.41) is 0. The zero-order valence-corrected chi connectivity index (χ0v) is 8.91. The number of amides is 1. The fourth-order valence-electron chi connectivity index (χ4n) is 1.02. The number of carbonyl (C=O) groups excluding carboxylic acids is 1. The maximum absolute atomic E-state index is 11.1. The first-order chi connectivity index (χ1) is 6.76. The van der Waals surface area contributed by atoms with Gasteiger partial charge < -0.3 is 9.47 Å². The van der Waals surface area contributed by atoms with Crippen LogP contribution >= 0.6 is 0 Å².